The molecular weight excluding hydrogens is 376 g/mol. The lowest BCUT2D eigenvalue weighted by molar-refractivity contribution is -0.152. The SMILES string of the molecule is CN(CC(=O)NC1CC1)C(=O)COC(=O)CCCSc1ccc(Cl)cc1. The van der Waals surface area contributed by atoms with Crippen LogP contribution in [-0.2, 0) is 19.1 Å². The molecule has 0 aliphatic heterocycles. The van der Waals surface area contributed by atoms with Crippen LogP contribution >= 0.6 is 23.4 Å². The average molecular weight is 399 g/mol. The highest BCUT2D eigenvalue weighted by Gasteiger charge is 2.24. The normalized spacial score (nSPS) is 13.2. The number of likely N-dealkylation sites (N-methyl/N-ethyl adjacent to an activating group) is 1. The highest BCUT2D eigenvalue weighted by atomic mass is 35.5. The predicted molar refractivity (Wildman–Crippen MR) is 101 cm³/mol. The van der Waals surface area contributed by atoms with Gasteiger partial charge in [-0.2, -0.15) is 0 Å². The van der Waals surface area contributed by atoms with Crippen LogP contribution in [-0.4, -0.2) is 54.7 Å². The topological polar surface area (TPSA) is 75.7 Å². The summed E-state index contributed by atoms with van der Waals surface area (Å²) in [5, 5.41) is 3.50. The van der Waals surface area contributed by atoms with E-state index in [2.05, 4.69) is 5.32 Å². The minimum Gasteiger partial charge on any atom is -0.456 e. The van der Waals surface area contributed by atoms with Gasteiger partial charge in [0.05, 0.1) is 6.54 Å². The molecule has 1 aliphatic carbocycles. The van der Waals surface area contributed by atoms with E-state index in [1.807, 2.05) is 24.3 Å². The molecule has 142 valence electrons. The zero-order valence-electron chi connectivity index (χ0n) is 14.7. The van der Waals surface area contributed by atoms with E-state index in [9.17, 15) is 14.4 Å². The molecule has 8 heteroatoms. The van der Waals surface area contributed by atoms with Gasteiger partial charge in [0, 0.05) is 29.4 Å². The highest BCUT2D eigenvalue weighted by Crippen LogP contribution is 2.21. The molecule has 0 spiro atoms. The van der Waals surface area contributed by atoms with E-state index < -0.39 is 5.97 Å². The van der Waals surface area contributed by atoms with Crippen molar-refractivity contribution in [2.45, 2.75) is 36.6 Å². The van der Waals surface area contributed by atoms with Crippen molar-refractivity contribution in [1.82, 2.24) is 10.2 Å². The minimum absolute atomic E-state index is 0.0232. The van der Waals surface area contributed by atoms with Gasteiger partial charge in [0.2, 0.25) is 5.91 Å². The molecule has 1 aromatic rings. The predicted octanol–water partition coefficient (Wildman–Crippen LogP) is 2.49. The Labute approximate surface area is 162 Å². The molecular formula is C18H23ClN2O4S. The van der Waals surface area contributed by atoms with E-state index in [-0.39, 0.29) is 37.4 Å². The first-order valence-corrected chi connectivity index (χ1v) is 9.87. The second-order valence-corrected chi connectivity index (χ2v) is 7.76. The summed E-state index contributed by atoms with van der Waals surface area (Å²) in [7, 11) is 1.52. The Bertz CT molecular complexity index is 635. The van der Waals surface area contributed by atoms with Gasteiger partial charge in [0.25, 0.3) is 5.91 Å². The van der Waals surface area contributed by atoms with Gasteiger partial charge in [0.1, 0.15) is 0 Å². The quantitative estimate of drug-likeness (QED) is 0.372. The maximum atomic E-state index is 11.9. The molecule has 2 amide bonds. The molecule has 1 fully saturated rings. The average Bonchev–Trinajstić information content (AvgIpc) is 3.41. The molecule has 26 heavy (non-hydrogen) atoms. The summed E-state index contributed by atoms with van der Waals surface area (Å²) >= 11 is 7.46. The standard InChI is InChI=1S/C18H23ClN2O4S/c1-21(11-16(22)20-14-6-7-14)17(23)12-25-18(24)3-2-10-26-15-8-4-13(19)5-9-15/h4-5,8-9,14H,2-3,6-7,10-12H2,1H3,(H,20,22). The van der Waals surface area contributed by atoms with Gasteiger partial charge in [-0.3, -0.25) is 14.4 Å². The van der Waals surface area contributed by atoms with Crippen LogP contribution in [0, 0.1) is 0 Å². The maximum absolute atomic E-state index is 11.9. The lowest BCUT2D eigenvalue weighted by Crippen LogP contribution is -2.40. The third-order valence-corrected chi connectivity index (χ3v) is 5.06. The number of carbonyl (C=O) groups is 3. The molecule has 1 saturated carbocycles. The number of halogens is 1. The van der Waals surface area contributed by atoms with Crippen molar-refractivity contribution in [3.8, 4) is 0 Å². The largest absolute Gasteiger partial charge is 0.456 e. The number of hydrogen-bond donors (Lipinski definition) is 1. The number of benzene rings is 1. The van der Waals surface area contributed by atoms with E-state index in [4.69, 9.17) is 16.3 Å². The van der Waals surface area contributed by atoms with Crippen molar-refractivity contribution in [3.63, 3.8) is 0 Å². The number of nitrogens with one attached hydrogen (secondary N) is 1. The van der Waals surface area contributed by atoms with E-state index in [0.717, 1.165) is 23.5 Å². The van der Waals surface area contributed by atoms with Crippen LogP contribution in [0.1, 0.15) is 25.7 Å². The Kier molecular flexibility index (Phi) is 8.25. The fraction of sp³-hybridized carbons (Fsp3) is 0.500. The molecule has 0 bridgehead atoms. The molecule has 2 rings (SSSR count). The summed E-state index contributed by atoms with van der Waals surface area (Å²) in [6.07, 6.45) is 2.90. The monoisotopic (exact) mass is 398 g/mol. The second-order valence-electron chi connectivity index (χ2n) is 6.16. The third kappa shape index (κ3) is 8.10. The van der Waals surface area contributed by atoms with Gasteiger partial charge in [-0.05, 0) is 49.3 Å². The van der Waals surface area contributed by atoms with Crippen LogP contribution in [0.4, 0.5) is 0 Å². The maximum Gasteiger partial charge on any atom is 0.306 e. The molecule has 0 heterocycles. The van der Waals surface area contributed by atoms with Gasteiger partial charge >= 0.3 is 5.97 Å². The van der Waals surface area contributed by atoms with Crippen molar-refractivity contribution in [1.29, 1.82) is 0 Å². The van der Waals surface area contributed by atoms with Gasteiger partial charge < -0.3 is 15.0 Å². The first-order valence-electron chi connectivity index (χ1n) is 8.51. The summed E-state index contributed by atoms with van der Waals surface area (Å²) in [5.41, 5.74) is 0. The van der Waals surface area contributed by atoms with E-state index in [1.54, 1.807) is 11.8 Å². The summed E-state index contributed by atoms with van der Waals surface area (Å²) in [4.78, 5) is 37.6. The number of amides is 2. The van der Waals surface area contributed by atoms with Crippen LogP contribution in [0.3, 0.4) is 0 Å². The van der Waals surface area contributed by atoms with Crippen LogP contribution in [0.2, 0.25) is 5.02 Å². The van der Waals surface area contributed by atoms with E-state index in [0.29, 0.717) is 11.4 Å². The van der Waals surface area contributed by atoms with Gasteiger partial charge in [-0.1, -0.05) is 11.6 Å². The van der Waals surface area contributed by atoms with Crippen molar-refractivity contribution in [2.75, 3.05) is 26.0 Å². The number of rotatable bonds is 10. The first kappa shape index (κ1) is 20.6. The molecule has 0 saturated heterocycles. The zero-order valence-corrected chi connectivity index (χ0v) is 16.3. The molecule has 0 aromatic heterocycles. The molecule has 6 nitrogen and oxygen atoms in total. The molecule has 1 aliphatic rings. The zero-order chi connectivity index (χ0) is 18.9. The van der Waals surface area contributed by atoms with Gasteiger partial charge in [-0.25, -0.2) is 0 Å². The summed E-state index contributed by atoms with van der Waals surface area (Å²) in [5.74, 6) is -0.217. The number of carbonyl (C=O) groups excluding carboxylic acids is 3. The van der Waals surface area contributed by atoms with Crippen molar-refractivity contribution in [2.24, 2.45) is 0 Å². The molecule has 0 unspecified atom stereocenters. The Hall–Kier alpha value is -1.73. The fourth-order valence-electron chi connectivity index (χ4n) is 2.07. The molecule has 1 N–H and O–H groups in total. The molecule has 1 aromatic carbocycles. The smallest absolute Gasteiger partial charge is 0.306 e. The van der Waals surface area contributed by atoms with Crippen LogP contribution in [0.15, 0.2) is 29.2 Å². The van der Waals surface area contributed by atoms with Crippen LogP contribution in [0.5, 0.6) is 0 Å². The number of ether oxygens (including phenoxy) is 1. The number of nitrogens with zero attached hydrogens (tertiary/aromatic N) is 1. The van der Waals surface area contributed by atoms with Gasteiger partial charge in [0.15, 0.2) is 6.61 Å². The van der Waals surface area contributed by atoms with Gasteiger partial charge in [-0.15, -0.1) is 11.8 Å². The number of hydrogen-bond acceptors (Lipinski definition) is 5. The summed E-state index contributed by atoms with van der Waals surface area (Å²) in [6.45, 7) is -0.360. The lowest BCUT2D eigenvalue weighted by Gasteiger charge is -2.16. The van der Waals surface area contributed by atoms with Crippen molar-refractivity contribution in [3.05, 3.63) is 29.3 Å². The Morgan fingerprint density at radius 3 is 2.62 bits per heavy atom. The minimum atomic E-state index is -0.411. The van der Waals surface area contributed by atoms with Crippen LogP contribution < -0.4 is 5.32 Å². The Balaban J connectivity index is 1.54. The molecule has 0 radical (unpaired) electrons. The summed E-state index contributed by atoms with van der Waals surface area (Å²) < 4.78 is 4.98. The van der Waals surface area contributed by atoms with Crippen molar-refractivity contribution < 1.29 is 19.1 Å². The van der Waals surface area contributed by atoms with Crippen molar-refractivity contribution >= 4 is 41.1 Å². The second kappa shape index (κ2) is 10.4. The molecule has 0 atom stereocenters. The van der Waals surface area contributed by atoms with E-state index in [1.165, 1.54) is 11.9 Å². The fourth-order valence-corrected chi connectivity index (χ4v) is 3.05. The first-order chi connectivity index (χ1) is 12.4. The van der Waals surface area contributed by atoms with E-state index >= 15 is 0 Å². The Morgan fingerprint density at radius 2 is 1.96 bits per heavy atom. The Morgan fingerprint density at radius 1 is 1.27 bits per heavy atom. The van der Waals surface area contributed by atoms with Crippen LogP contribution in [0.25, 0.3) is 0 Å². The lowest BCUT2D eigenvalue weighted by atomic mass is 10.3. The number of thioether (sulfide) groups is 1. The number of esters is 1. The summed E-state index contributed by atoms with van der Waals surface area (Å²) in [6, 6.07) is 7.77. The third-order valence-electron chi connectivity index (χ3n) is 3.71. The highest BCUT2D eigenvalue weighted by molar-refractivity contribution is 7.99.